The van der Waals surface area contributed by atoms with Crippen molar-refractivity contribution >= 4 is 28.7 Å². The van der Waals surface area contributed by atoms with Crippen molar-refractivity contribution in [3.63, 3.8) is 0 Å². The highest BCUT2D eigenvalue weighted by molar-refractivity contribution is 6.31. The van der Waals surface area contributed by atoms with Crippen LogP contribution in [0.25, 0.3) is 0 Å². The first-order valence-corrected chi connectivity index (χ1v) is 9.33. The molecule has 8 heteroatoms. The topological polar surface area (TPSA) is 98.3 Å². The Morgan fingerprint density at radius 2 is 1.89 bits per heavy atom. The minimum absolute atomic E-state index is 0.00446. The molecule has 3 atom stereocenters. The van der Waals surface area contributed by atoms with Gasteiger partial charge >= 0.3 is 0 Å². The van der Waals surface area contributed by atoms with Crippen molar-refractivity contribution in [2.24, 2.45) is 5.92 Å². The molecular formula is C20H18ClN3O4. The number of anilines is 1. The van der Waals surface area contributed by atoms with Crippen LogP contribution in [0.3, 0.4) is 0 Å². The SMILES string of the molecule is Cc1cc([N+](=O)[O-])c2c(c1C)C1C=CCC1C(c1cc([N+](=O)[O-])ccc1Cl)N2. The van der Waals surface area contributed by atoms with Crippen LogP contribution in [0.4, 0.5) is 17.1 Å². The molecule has 0 radical (unpaired) electrons. The van der Waals surface area contributed by atoms with E-state index < -0.39 is 4.92 Å². The van der Waals surface area contributed by atoms with E-state index in [1.807, 2.05) is 13.8 Å². The number of hydrogen-bond acceptors (Lipinski definition) is 5. The molecule has 2 aromatic rings. The van der Waals surface area contributed by atoms with Crippen molar-refractivity contribution < 1.29 is 9.85 Å². The standard InChI is InChI=1S/C20H18ClN3O4/c1-10-8-17(24(27)28)20-18(11(10)2)13-4-3-5-14(13)19(22-20)15-9-12(23(25)26)6-7-16(15)21/h3-4,6-9,13-14,19,22H,5H2,1-2H3. The molecule has 28 heavy (non-hydrogen) atoms. The lowest BCUT2D eigenvalue weighted by atomic mass is 9.74. The second-order valence-corrected chi connectivity index (χ2v) is 7.73. The third-order valence-electron chi connectivity index (χ3n) is 5.87. The lowest BCUT2D eigenvalue weighted by molar-refractivity contribution is -0.384. The largest absolute Gasteiger partial charge is 0.372 e. The number of nitro groups is 2. The summed E-state index contributed by atoms with van der Waals surface area (Å²) in [5.74, 6) is 0.0716. The molecule has 1 heterocycles. The van der Waals surface area contributed by atoms with E-state index >= 15 is 0 Å². The number of non-ortho nitro benzene ring substituents is 1. The maximum atomic E-state index is 11.7. The van der Waals surface area contributed by atoms with Crippen LogP contribution in [-0.4, -0.2) is 9.85 Å². The van der Waals surface area contributed by atoms with Crippen LogP contribution in [0.1, 0.15) is 40.6 Å². The molecule has 3 unspecified atom stereocenters. The monoisotopic (exact) mass is 399 g/mol. The summed E-state index contributed by atoms with van der Waals surface area (Å²) < 4.78 is 0. The minimum Gasteiger partial charge on any atom is -0.372 e. The van der Waals surface area contributed by atoms with Crippen molar-refractivity contribution in [1.82, 2.24) is 0 Å². The van der Waals surface area contributed by atoms with E-state index in [0.717, 1.165) is 23.1 Å². The molecule has 0 saturated carbocycles. The summed E-state index contributed by atoms with van der Waals surface area (Å²) in [5, 5.41) is 26.7. The highest BCUT2D eigenvalue weighted by atomic mass is 35.5. The molecule has 2 aromatic carbocycles. The predicted molar refractivity (Wildman–Crippen MR) is 107 cm³/mol. The number of nitro benzene ring substituents is 2. The highest BCUT2D eigenvalue weighted by Crippen LogP contribution is 2.54. The molecular weight excluding hydrogens is 382 g/mol. The summed E-state index contributed by atoms with van der Waals surface area (Å²) in [6.45, 7) is 3.85. The molecule has 7 nitrogen and oxygen atoms in total. The Balaban J connectivity index is 1.92. The predicted octanol–water partition coefficient (Wildman–Crippen LogP) is 5.60. The van der Waals surface area contributed by atoms with Gasteiger partial charge in [-0.1, -0.05) is 23.8 Å². The number of aryl methyl sites for hydroxylation is 1. The summed E-state index contributed by atoms with van der Waals surface area (Å²) in [6.07, 6.45) is 4.92. The van der Waals surface area contributed by atoms with Gasteiger partial charge in [0.2, 0.25) is 0 Å². The molecule has 4 rings (SSSR count). The maximum Gasteiger partial charge on any atom is 0.292 e. The van der Waals surface area contributed by atoms with E-state index in [1.165, 1.54) is 18.2 Å². The third-order valence-corrected chi connectivity index (χ3v) is 6.21. The van der Waals surface area contributed by atoms with Crippen LogP contribution in [0, 0.1) is 40.0 Å². The lowest BCUT2D eigenvalue weighted by Gasteiger charge is -2.38. The molecule has 144 valence electrons. The van der Waals surface area contributed by atoms with Gasteiger partial charge in [0, 0.05) is 34.7 Å². The van der Waals surface area contributed by atoms with E-state index in [-0.39, 0.29) is 34.2 Å². The van der Waals surface area contributed by atoms with E-state index in [1.54, 1.807) is 6.07 Å². The summed E-state index contributed by atoms with van der Waals surface area (Å²) in [7, 11) is 0. The molecule has 1 N–H and O–H groups in total. The summed E-state index contributed by atoms with van der Waals surface area (Å²) in [6, 6.07) is 5.56. The lowest BCUT2D eigenvalue weighted by Crippen LogP contribution is -2.30. The fraction of sp³-hybridized carbons (Fsp3) is 0.300. The number of nitrogens with zero attached hydrogens (tertiary/aromatic N) is 2. The van der Waals surface area contributed by atoms with E-state index in [2.05, 4.69) is 17.5 Å². The number of halogens is 1. The molecule has 0 bridgehead atoms. The minimum atomic E-state index is -0.461. The van der Waals surface area contributed by atoms with Gasteiger partial charge in [-0.25, -0.2) is 0 Å². The molecule has 1 aliphatic carbocycles. The zero-order chi connectivity index (χ0) is 20.2. The van der Waals surface area contributed by atoms with Gasteiger partial charge in [-0.3, -0.25) is 20.2 Å². The van der Waals surface area contributed by atoms with Gasteiger partial charge < -0.3 is 5.32 Å². The molecule has 0 fully saturated rings. The van der Waals surface area contributed by atoms with Gasteiger partial charge in [-0.2, -0.15) is 0 Å². The number of fused-ring (bicyclic) bond motifs is 3. The number of benzene rings is 2. The van der Waals surface area contributed by atoms with E-state index in [4.69, 9.17) is 11.6 Å². The molecule has 2 aliphatic rings. The number of rotatable bonds is 3. The fourth-order valence-electron chi connectivity index (χ4n) is 4.42. The Morgan fingerprint density at radius 3 is 2.57 bits per heavy atom. The van der Waals surface area contributed by atoms with Crippen molar-refractivity contribution in [2.75, 3.05) is 5.32 Å². The Morgan fingerprint density at radius 1 is 1.14 bits per heavy atom. The van der Waals surface area contributed by atoms with Gasteiger partial charge in [0.05, 0.1) is 15.9 Å². The summed E-state index contributed by atoms with van der Waals surface area (Å²) in [4.78, 5) is 22.1. The second kappa shape index (κ2) is 6.60. The van der Waals surface area contributed by atoms with E-state index in [9.17, 15) is 20.2 Å². The molecule has 0 saturated heterocycles. The van der Waals surface area contributed by atoms with Crippen molar-refractivity contribution in [1.29, 1.82) is 0 Å². The number of allylic oxidation sites excluding steroid dienone is 2. The zero-order valence-corrected chi connectivity index (χ0v) is 16.1. The average Bonchev–Trinajstić information content (AvgIpc) is 3.13. The number of nitrogens with one attached hydrogen (secondary N) is 1. The maximum absolute atomic E-state index is 11.7. The highest BCUT2D eigenvalue weighted by Gasteiger charge is 2.42. The van der Waals surface area contributed by atoms with Crippen LogP contribution in [0.15, 0.2) is 36.4 Å². The van der Waals surface area contributed by atoms with Gasteiger partial charge in [-0.15, -0.1) is 0 Å². The smallest absolute Gasteiger partial charge is 0.292 e. The molecule has 0 aromatic heterocycles. The van der Waals surface area contributed by atoms with Crippen LogP contribution < -0.4 is 5.32 Å². The molecule has 1 aliphatic heterocycles. The molecule has 0 spiro atoms. The normalized spacial score (nSPS) is 22.3. The van der Waals surface area contributed by atoms with Gasteiger partial charge in [0.1, 0.15) is 5.69 Å². The fourth-order valence-corrected chi connectivity index (χ4v) is 4.65. The Hall–Kier alpha value is -2.93. The Bertz CT molecular complexity index is 1050. The summed E-state index contributed by atoms with van der Waals surface area (Å²) >= 11 is 6.39. The summed E-state index contributed by atoms with van der Waals surface area (Å²) in [5.41, 5.74) is 3.87. The van der Waals surface area contributed by atoms with Crippen LogP contribution in [0.2, 0.25) is 5.02 Å². The van der Waals surface area contributed by atoms with Gasteiger partial charge in [0.25, 0.3) is 11.4 Å². The first kappa shape index (κ1) is 18.4. The van der Waals surface area contributed by atoms with Gasteiger partial charge in [0.15, 0.2) is 0 Å². The Kier molecular flexibility index (Phi) is 4.34. The Labute approximate surface area is 166 Å². The molecule has 0 amide bonds. The van der Waals surface area contributed by atoms with Crippen LogP contribution >= 0.6 is 11.6 Å². The van der Waals surface area contributed by atoms with Crippen LogP contribution in [-0.2, 0) is 0 Å². The van der Waals surface area contributed by atoms with Crippen LogP contribution in [0.5, 0.6) is 0 Å². The van der Waals surface area contributed by atoms with Crippen molar-refractivity contribution in [2.45, 2.75) is 32.2 Å². The zero-order valence-electron chi connectivity index (χ0n) is 15.3. The van der Waals surface area contributed by atoms with E-state index in [0.29, 0.717) is 16.3 Å². The van der Waals surface area contributed by atoms with Crippen molar-refractivity contribution in [3.8, 4) is 0 Å². The quantitative estimate of drug-likeness (QED) is 0.411. The second-order valence-electron chi connectivity index (χ2n) is 7.32. The van der Waals surface area contributed by atoms with Crippen molar-refractivity contribution in [3.05, 3.63) is 83.9 Å². The average molecular weight is 400 g/mol. The first-order valence-electron chi connectivity index (χ1n) is 8.95. The first-order chi connectivity index (χ1) is 13.3. The third kappa shape index (κ3) is 2.74. The number of hydrogen-bond donors (Lipinski definition) is 1. The van der Waals surface area contributed by atoms with Gasteiger partial charge in [-0.05, 0) is 48.9 Å².